The van der Waals surface area contributed by atoms with Gasteiger partial charge in [0.15, 0.2) is 5.96 Å². The van der Waals surface area contributed by atoms with Gasteiger partial charge in [-0.2, -0.15) is 0 Å². The van der Waals surface area contributed by atoms with Gasteiger partial charge in [-0.15, -0.1) is 0 Å². The maximum atomic E-state index is 5.53. The number of guanidine groups is 1. The monoisotopic (exact) mass is 430 g/mol. The van der Waals surface area contributed by atoms with Crippen LogP contribution in [0.3, 0.4) is 0 Å². The molecule has 2 saturated heterocycles. The van der Waals surface area contributed by atoms with Crippen LogP contribution >= 0.6 is 0 Å². The number of nitrogens with one attached hydrogen (secondary N) is 2. The van der Waals surface area contributed by atoms with Crippen molar-refractivity contribution in [3.8, 4) is 0 Å². The molecule has 2 aliphatic heterocycles. The van der Waals surface area contributed by atoms with Gasteiger partial charge in [-0.25, -0.2) is 9.98 Å². The van der Waals surface area contributed by atoms with Crippen LogP contribution in [0.5, 0.6) is 0 Å². The number of hydrogen-bond acceptors (Lipinski definition) is 5. The number of aliphatic imine (C=N–C) groups is 1. The summed E-state index contributed by atoms with van der Waals surface area (Å²) in [7, 11) is 0. The molecule has 1 atom stereocenters. The van der Waals surface area contributed by atoms with Gasteiger partial charge in [0.05, 0.1) is 19.8 Å². The highest BCUT2D eigenvalue weighted by atomic mass is 16.5. The topological polar surface area (TPSA) is 65.0 Å². The van der Waals surface area contributed by atoms with Crippen molar-refractivity contribution in [2.75, 3.05) is 57.4 Å². The second-order valence-corrected chi connectivity index (χ2v) is 9.23. The van der Waals surface area contributed by atoms with E-state index in [1.807, 2.05) is 6.20 Å². The van der Waals surface area contributed by atoms with Gasteiger partial charge in [-0.1, -0.05) is 26.8 Å². The Kier molecular flexibility index (Phi) is 9.40. The van der Waals surface area contributed by atoms with Gasteiger partial charge in [-0.3, -0.25) is 4.90 Å². The molecule has 174 valence electrons. The van der Waals surface area contributed by atoms with Gasteiger partial charge in [0.25, 0.3) is 0 Å². The second kappa shape index (κ2) is 12.2. The average molecular weight is 431 g/mol. The average Bonchev–Trinajstić information content (AvgIpc) is 2.79. The molecule has 0 radical (unpaired) electrons. The third-order valence-corrected chi connectivity index (χ3v) is 6.44. The van der Waals surface area contributed by atoms with Crippen molar-refractivity contribution in [3.05, 3.63) is 23.9 Å². The lowest BCUT2D eigenvalue weighted by atomic mass is 9.99. The molecule has 3 rings (SSSR count). The van der Waals surface area contributed by atoms with Crippen LogP contribution in [-0.2, 0) is 11.3 Å². The van der Waals surface area contributed by atoms with Gasteiger partial charge in [0.1, 0.15) is 5.82 Å². The smallest absolute Gasteiger partial charge is 0.191 e. The molecule has 1 aromatic rings. The normalized spacial score (nSPS) is 20.2. The van der Waals surface area contributed by atoms with Crippen molar-refractivity contribution >= 4 is 11.8 Å². The van der Waals surface area contributed by atoms with Crippen LogP contribution in [0.1, 0.15) is 46.1 Å². The number of ether oxygens (including phenoxy) is 1. The zero-order valence-electron chi connectivity index (χ0n) is 19.9. The van der Waals surface area contributed by atoms with E-state index in [2.05, 4.69) is 60.3 Å². The minimum Gasteiger partial charge on any atom is -0.379 e. The molecule has 0 bridgehead atoms. The van der Waals surface area contributed by atoms with E-state index in [-0.39, 0.29) is 0 Å². The first-order chi connectivity index (χ1) is 15.1. The zero-order valence-corrected chi connectivity index (χ0v) is 19.9. The van der Waals surface area contributed by atoms with Crippen molar-refractivity contribution in [3.63, 3.8) is 0 Å². The highest BCUT2D eigenvalue weighted by Gasteiger charge is 2.24. The number of piperidine rings is 1. The molecule has 1 unspecified atom stereocenters. The number of nitrogens with zero attached hydrogens (tertiary/aromatic N) is 4. The lowest BCUT2D eigenvalue weighted by Crippen LogP contribution is -2.52. The molecule has 0 saturated carbocycles. The van der Waals surface area contributed by atoms with Crippen LogP contribution in [0, 0.1) is 11.8 Å². The molecular formula is C24H42N6O. The lowest BCUT2D eigenvalue weighted by molar-refractivity contribution is 0.00752. The zero-order chi connectivity index (χ0) is 22.1. The molecule has 7 nitrogen and oxygen atoms in total. The van der Waals surface area contributed by atoms with E-state index in [0.717, 1.165) is 75.7 Å². The fourth-order valence-corrected chi connectivity index (χ4v) is 4.34. The quantitative estimate of drug-likeness (QED) is 0.488. The van der Waals surface area contributed by atoms with Crippen molar-refractivity contribution in [2.24, 2.45) is 16.8 Å². The summed E-state index contributed by atoms with van der Waals surface area (Å²) in [5, 5.41) is 6.95. The number of pyridine rings is 1. The Labute approximate surface area is 188 Å². The maximum Gasteiger partial charge on any atom is 0.191 e. The number of hydrogen-bond donors (Lipinski definition) is 2. The minimum absolute atomic E-state index is 0.473. The lowest BCUT2D eigenvalue weighted by Gasteiger charge is -2.37. The van der Waals surface area contributed by atoms with E-state index >= 15 is 0 Å². The van der Waals surface area contributed by atoms with E-state index in [0.29, 0.717) is 18.5 Å². The SMILES string of the molecule is CCNC(=NCc1ccc(N2CCC(C)CC2)nc1)NCC(C(C)C)N1CCOCC1. The fraction of sp³-hybridized carbons (Fsp3) is 0.750. The van der Waals surface area contributed by atoms with Gasteiger partial charge in [0, 0.05) is 51.5 Å². The molecule has 2 aliphatic rings. The van der Waals surface area contributed by atoms with Crippen molar-refractivity contribution < 1.29 is 4.74 Å². The van der Waals surface area contributed by atoms with Crippen molar-refractivity contribution in [1.82, 2.24) is 20.5 Å². The Morgan fingerprint density at radius 1 is 1.16 bits per heavy atom. The van der Waals surface area contributed by atoms with Crippen LogP contribution in [0.15, 0.2) is 23.3 Å². The van der Waals surface area contributed by atoms with Gasteiger partial charge in [-0.05, 0) is 43.2 Å². The largest absolute Gasteiger partial charge is 0.379 e. The Bertz CT molecular complexity index is 663. The highest BCUT2D eigenvalue weighted by Crippen LogP contribution is 2.21. The molecule has 3 heterocycles. The van der Waals surface area contributed by atoms with Crippen molar-refractivity contribution in [2.45, 2.75) is 53.1 Å². The van der Waals surface area contributed by atoms with Crippen LogP contribution in [0.2, 0.25) is 0 Å². The first-order valence-corrected chi connectivity index (χ1v) is 12.1. The Morgan fingerprint density at radius 3 is 2.52 bits per heavy atom. The van der Waals surface area contributed by atoms with E-state index in [1.165, 1.54) is 12.8 Å². The Balaban J connectivity index is 1.54. The number of morpholine rings is 1. The molecule has 31 heavy (non-hydrogen) atoms. The summed E-state index contributed by atoms with van der Waals surface area (Å²) in [6, 6.07) is 4.79. The van der Waals surface area contributed by atoms with Crippen molar-refractivity contribution in [1.29, 1.82) is 0 Å². The van der Waals surface area contributed by atoms with Crippen LogP contribution in [0.25, 0.3) is 0 Å². The number of aromatic nitrogens is 1. The summed E-state index contributed by atoms with van der Waals surface area (Å²) in [6.07, 6.45) is 4.49. The van der Waals surface area contributed by atoms with Crippen LogP contribution in [-0.4, -0.2) is 74.4 Å². The minimum atomic E-state index is 0.473. The van der Waals surface area contributed by atoms with E-state index in [4.69, 9.17) is 14.7 Å². The third-order valence-electron chi connectivity index (χ3n) is 6.44. The van der Waals surface area contributed by atoms with Crippen LogP contribution in [0.4, 0.5) is 5.82 Å². The predicted molar refractivity (Wildman–Crippen MR) is 129 cm³/mol. The van der Waals surface area contributed by atoms with E-state index in [1.54, 1.807) is 0 Å². The first-order valence-electron chi connectivity index (χ1n) is 12.1. The van der Waals surface area contributed by atoms with Gasteiger partial charge < -0.3 is 20.3 Å². The number of rotatable bonds is 8. The van der Waals surface area contributed by atoms with E-state index < -0.39 is 0 Å². The first kappa shape index (κ1) is 23.8. The highest BCUT2D eigenvalue weighted by molar-refractivity contribution is 5.79. The predicted octanol–water partition coefficient (Wildman–Crippen LogP) is 2.73. The summed E-state index contributed by atoms with van der Waals surface area (Å²) >= 11 is 0. The summed E-state index contributed by atoms with van der Waals surface area (Å²) in [6.45, 7) is 17.3. The standard InChI is InChI=1S/C24H42N6O/c1-5-25-24(28-18-22(19(2)3)29-12-14-31-15-13-29)27-17-21-6-7-23(26-16-21)30-10-8-20(4)9-11-30/h6-7,16,19-20,22H,5,8-15,17-18H2,1-4H3,(H2,25,27,28). The summed E-state index contributed by atoms with van der Waals surface area (Å²) < 4.78 is 5.53. The molecule has 1 aromatic heterocycles. The van der Waals surface area contributed by atoms with Crippen LogP contribution < -0.4 is 15.5 Å². The number of anilines is 1. The molecular weight excluding hydrogens is 388 g/mol. The summed E-state index contributed by atoms with van der Waals surface area (Å²) in [5.41, 5.74) is 1.14. The maximum absolute atomic E-state index is 5.53. The Hall–Kier alpha value is -1.86. The summed E-state index contributed by atoms with van der Waals surface area (Å²) in [5.74, 6) is 3.37. The third kappa shape index (κ3) is 7.35. The van der Waals surface area contributed by atoms with Gasteiger partial charge in [0.2, 0.25) is 0 Å². The second-order valence-electron chi connectivity index (χ2n) is 9.23. The molecule has 0 aliphatic carbocycles. The fourth-order valence-electron chi connectivity index (χ4n) is 4.34. The molecule has 0 amide bonds. The molecule has 0 aromatic carbocycles. The summed E-state index contributed by atoms with van der Waals surface area (Å²) in [4.78, 5) is 14.5. The Morgan fingerprint density at radius 2 is 1.90 bits per heavy atom. The van der Waals surface area contributed by atoms with Gasteiger partial charge >= 0.3 is 0 Å². The molecule has 7 heteroatoms. The molecule has 0 spiro atoms. The van der Waals surface area contributed by atoms with E-state index in [9.17, 15) is 0 Å². The molecule has 2 N–H and O–H groups in total. The molecule has 2 fully saturated rings.